The first kappa shape index (κ1) is 17.6. The average Bonchev–Trinajstić information content (AvgIpc) is 2.37. The largest absolute Gasteiger partial charge is 0.322 e. The van der Waals surface area contributed by atoms with Gasteiger partial charge in [0, 0.05) is 6.42 Å². The Morgan fingerprint density at radius 2 is 1.33 bits per heavy atom. The molecule has 0 rings (SSSR count). The molecule has 18 heavy (non-hydrogen) atoms. The normalized spacial score (nSPS) is 12.6. The number of carbonyl (C=O) groups excluding carboxylic acids is 1. The highest BCUT2D eigenvalue weighted by Crippen LogP contribution is 2.10. The first-order valence-corrected chi connectivity index (χ1v) is 8.00. The fraction of sp³-hybridized carbons (Fsp3) is 0.938. The Balaban J connectivity index is 3.34. The zero-order chi connectivity index (χ0) is 13.6. The Bertz CT molecular complexity index is 192. The molecule has 0 fully saturated rings. The first-order chi connectivity index (χ1) is 8.72. The lowest BCUT2D eigenvalue weighted by molar-refractivity contribution is -0.120. The molecule has 2 N–H and O–H groups in total. The van der Waals surface area contributed by atoms with Gasteiger partial charge < -0.3 is 5.73 Å². The van der Waals surface area contributed by atoms with Crippen molar-refractivity contribution in [2.45, 2.75) is 96.9 Å². The van der Waals surface area contributed by atoms with Gasteiger partial charge in [0.1, 0.15) is 5.78 Å². The molecule has 0 aliphatic rings. The molecule has 0 heterocycles. The Kier molecular flexibility index (Phi) is 12.8. The van der Waals surface area contributed by atoms with Crippen molar-refractivity contribution in [2.75, 3.05) is 0 Å². The van der Waals surface area contributed by atoms with Gasteiger partial charge in [-0.25, -0.2) is 0 Å². The Hall–Kier alpha value is -0.370. The van der Waals surface area contributed by atoms with Gasteiger partial charge in [0.25, 0.3) is 0 Å². The van der Waals surface area contributed by atoms with Gasteiger partial charge in [-0.15, -0.1) is 0 Å². The number of rotatable bonds is 13. The van der Waals surface area contributed by atoms with Crippen molar-refractivity contribution < 1.29 is 4.79 Å². The number of hydrogen-bond donors (Lipinski definition) is 1. The highest BCUT2D eigenvalue weighted by atomic mass is 16.1. The van der Waals surface area contributed by atoms with Crippen molar-refractivity contribution in [1.29, 1.82) is 0 Å². The van der Waals surface area contributed by atoms with Gasteiger partial charge in [0.05, 0.1) is 6.04 Å². The zero-order valence-electron chi connectivity index (χ0n) is 12.5. The quantitative estimate of drug-likeness (QED) is 0.489. The van der Waals surface area contributed by atoms with Crippen molar-refractivity contribution in [1.82, 2.24) is 0 Å². The van der Waals surface area contributed by atoms with Crippen LogP contribution in [0.5, 0.6) is 0 Å². The van der Waals surface area contributed by atoms with Crippen LogP contribution in [0.15, 0.2) is 0 Å². The summed E-state index contributed by atoms with van der Waals surface area (Å²) in [6.07, 6.45) is 13.9. The highest BCUT2D eigenvalue weighted by molar-refractivity contribution is 5.83. The maximum atomic E-state index is 11.7. The molecule has 0 aliphatic carbocycles. The van der Waals surface area contributed by atoms with Crippen LogP contribution in [0.1, 0.15) is 90.9 Å². The van der Waals surface area contributed by atoms with Crippen molar-refractivity contribution >= 4 is 5.78 Å². The summed E-state index contributed by atoms with van der Waals surface area (Å²) in [5.74, 6) is 0.273. The van der Waals surface area contributed by atoms with Gasteiger partial charge in [-0.3, -0.25) is 4.79 Å². The van der Waals surface area contributed by atoms with Crippen molar-refractivity contribution in [2.24, 2.45) is 5.73 Å². The van der Waals surface area contributed by atoms with Crippen LogP contribution in [-0.4, -0.2) is 11.8 Å². The van der Waals surface area contributed by atoms with E-state index in [1.807, 2.05) is 0 Å². The molecule has 1 atom stereocenters. The molecule has 0 amide bonds. The molecule has 2 nitrogen and oxygen atoms in total. The molecule has 2 heteroatoms. The maximum Gasteiger partial charge on any atom is 0.149 e. The molecular weight excluding hydrogens is 222 g/mol. The third-order valence-electron chi connectivity index (χ3n) is 3.56. The summed E-state index contributed by atoms with van der Waals surface area (Å²) in [5, 5.41) is 0. The van der Waals surface area contributed by atoms with Crippen LogP contribution in [0, 0.1) is 0 Å². The molecule has 108 valence electrons. The van der Waals surface area contributed by atoms with Gasteiger partial charge in [-0.05, 0) is 12.8 Å². The SMILES string of the molecule is CCCCCCCCCC(N)C(=O)CCCCC. The lowest BCUT2D eigenvalue weighted by atomic mass is 10.00. The molecule has 0 spiro atoms. The minimum atomic E-state index is -0.197. The number of unbranched alkanes of at least 4 members (excludes halogenated alkanes) is 8. The molecule has 0 aromatic carbocycles. The second kappa shape index (κ2) is 13.1. The van der Waals surface area contributed by atoms with E-state index in [2.05, 4.69) is 13.8 Å². The molecule has 0 aromatic rings. The molecular formula is C16H33NO. The van der Waals surface area contributed by atoms with E-state index in [1.165, 1.54) is 44.9 Å². The number of nitrogens with two attached hydrogens (primary N) is 1. The number of hydrogen-bond acceptors (Lipinski definition) is 2. The Morgan fingerprint density at radius 1 is 0.833 bits per heavy atom. The van der Waals surface area contributed by atoms with E-state index in [-0.39, 0.29) is 11.8 Å². The smallest absolute Gasteiger partial charge is 0.149 e. The highest BCUT2D eigenvalue weighted by Gasteiger charge is 2.11. The van der Waals surface area contributed by atoms with Crippen LogP contribution in [-0.2, 0) is 4.79 Å². The predicted octanol–water partition coefficient (Wildman–Crippen LogP) is 4.60. The molecule has 1 unspecified atom stereocenters. The predicted molar refractivity (Wildman–Crippen MR) is 79.7 cm³/mol. The van der Waals surface area contributed by atoms with Gasteiger partial charge in [-0.2, -0.15) is 0 Å². The number of Topliss-reactive ketones (excluding diaryl/α,β-unsaturated/α-hetero) is 1. The van der Waals surface area contributed by atoms with Crippen LogP contribution in [0.3, 0.4) is 0 Å². The summed E-state index contributed by atoms with van der Waals surface area (Å²) in [6, 6.07) is -0.197. The molecule has 0 radical (unpaired) electrons. The van der Waals surface area contributed by atoms with E-state index in [4.69, 9.17) is 5.73 Å². The summed E-state index contributed by atoms with van der Waals surface area (Å²) in [5.41, 5.74) is 5.91. The maximum absolute atomic E-state index is 11.7. The van der Waals surface area contributed by atoms with Crippen LogP contribution in [0.25, 0.3) is 0 Å². The lowest BCUT2D eigenvalue weighted by Crippen LogP contribution is -2.30. The van der Waals surface area contributed by atoms with Crippen LogP contribution in [0.4, 0.5) is 0 Å². The van der Waals surface area contributed by atoms with Crippen LogP contribution in [0.2, 0.25) is 0 Å². The van der Waals surface area contributed by atoms with Gasteiger partial charge >= 0.3 is 0 Å². The van der Waals surface area contributed by atoms with E-state index in [1.54, 1.807) is 0 Å². The monoisotopic (exact) mass is 255 g/mol. The first-order valence-electron chi connectivity index (χ1n) is 8.00. The third-order valence-corrected chi connectivity index (χ3v) is 3.56. The van der Waals surface area contributed by atoms with Gasteiger partial charge in [-0.1, -0.05) is 71.6 Å². The van der Waals surface area contributed by atoms with Crippen LogP contribution >= 0.6 is 0 Å². The van der Waals surface area contributed by atoms with Crippen molar-refractivity contribution in [3.8, 4) is 0 Å². The summed E-state index contributed by atoms with van der Waals surface area (Å²) < 4.78 is 0. The van der Waals surface area contributed by atoms with Crippen LogP contribution < -0.4 is 5.73 Å². The summed E-state index contributed by atoms with van der Waals surface area (Å²) >= 11 is 0. The second-order valence-corrected chi connectivity index (χ2v) is 5.44. The minimum Gasteiger partial charge on any atom is -0.322 e. The fourth-order valence-electron chi connectivity index (χ4n) is 2.22. The van der Waals surface area contributed by atoms with E-state index in [0.717, 1.165) is 25.7 Å². The lowest BCUT2D eigenvalue weighted by Gasteiger charge is -2.10. The van der Waals surface area contributed by atoms with Gasteiger partial charge in [0.15, 0.2) is 0 Å². The summed E-state index contributed by atoms with van der Waals surface area (Å²) in [7, 11) is 0. The summed E-state index contributed by atoms with van der Waals surface area (Å²) in [6.45, 7) is 4.39. The summed E-state index contributed by atoms with van der Waals surface area (Å²) in [4.78, 5) is 11.7. The molecule has 0 aliphatic heterocycles. The van der Waals surface area contributed by atoms with E-state index >= 15 is 0 Å². The van der Waals surface area contributed by atoms with Crippen molar-refractivity contribution in [3.05, 3.63) is 0 Å². The average molecular weight is 255 g/mol. The number of ketones is 1. The minimum absolute atomic E-state index is 0.197. The topological polar surface area (TPSA) is 43.1 Å². The molecule has 0 aromatic heterocycles. The zero-order valence-corrected chi connectivity index (χ0v) is 12.5. The van der Waals surface area contributed by atoms with Crippen molar-refractivity contribution in [3.63, 3.8) is 0 Å². The van der Waals surface area contributed by atoms with Gasteiger partial charge in [0.2, 0.25) is 0 Å². The third kappa shape index (κ3) is 10.8. The van der Waals surface area contributed by atoms with E-state index < -0.39 is 0 Å². The number of carbonyl (C=O) groups is 1. The second-order valence-electron chi connectivity index (χ2n) is 5.44. The van der Waals surface area contributed by atoms with E-state index in [9.17, 15) is 4.79 Å². The molecule has 0 bridgehead atoms. The van der Waals surface area contributed by atoms with E-state index in [0.29, 0.717) is 6.42 Å². The fourth-order valence-corrected chi connectivity index (χ4v) is 2.22. The molecule has 0 saturated carbocycles. The standard InChI is InChI=1S/C16H33NO/c1-3-5-7-8-9-10-12-13-15(17)16(18)14-11-6-4-2/h15H,3-14,17H2,1-2H3. The Labute approximate surface area is 114 Å². The Morgan fingerprint density at radius 3 is 1.94 bits per heavy atom. The molecule has 0 saturated heterocycles.